The Bertz CT molecular complexity index is 978. The van der Waals surface area contributed by atoms with Gasteiger partial charge in [0.25, 0.3) is 17.7 Å². The van der Waals surface area contributed by atoms with Crippen molar-refractivity contribution in [2.75, 3.05) is 39.6 Å². The zero-order valence-electron chi connectivity index (χ0n) is 15.7. The summed E-state index contributed by atoms with van der Waals surface area (Å²) < 4.78 is 10.6. The molecule has 148 valence electrons. The Labute approximate surface area is 167 Å². The smallest absolute Gasteiger partial charge is 0.262 e. The minimum atomic E-state index is -0.260. The van der Waals surface area contributed by atoms with E-state index in [2.05, 4.69) is 0 Å². The highest BCUT2D eigenvalue weighted by atomic mass is 16.7. The van der Waals surface area contributed by atoms with Crippen LogP contribution in [0.4, 0.5) is 0 Å². The largest absolute Gasteiger partial charge is 0.454 e. The molecular formula is C21H19N3O5. The lowest BCUT2D eigenvalue weighted by molar-refractivity contribution is 0.0411. The normalized spacial score (nSPS) is 18.3. The Balaban J connectivity index is 1.21. The third-order valence-electron chi connectivity index (χ3n) is 5.50. The number of rotatable bonds is 3. The van der Waals surface area contributed by atoms with E-state index >= 15 is 0 Å². The van der Waals surface area contributed by atoms with Gasteiger partial charge in [0.05, 0.1) is 17.8 Å². The van der Waals surface area contributed by atoms with Gasteiger partial charge in [-0.3, -0.25) is 24.2 Å². The van der Waals surface area contributed by atoms with Gasteiger partial charge in [-0.15, -0.1) is 0 Å². The molecular weight excluding hydrogens is 374 g/mol. The van der Waals surface area contributed by atoms with Crippen LogP contribution in [0.1, 0.15) is 31.1 Å². The lowest BCUT2D eigenvalue weighted by atomic mass is 10.1. The average Bonchev–Trinajstić information content (AvgIpc) is 3.32. The van der Waals surface area contributed by atoms with Gasteiger partial charge in [0, 0.05) is 31.7 Å². The maximum Gasteiger partial charge on any atom is 0.262 e. The summed E-state index contributed by atoms with van der Waals surface area (Å²) in [5.74, 6) is 0.644. The van der Waals surface area contributed by atoms with Gasteiger partial charge in [-0.2, -0.15) is 0 Å². The second-order valence-corrected chi connectivity index (χ2v) is 7.20. The molecule has 2 aromatic rings. The number of benzene rings is 2. The van der Waals surface area contributed by atoms with Crippen molar-refractivity contribution < 1.29 is 23.9 Å². The summed E-state index contributed by atoms with van der Waals surface area (Å²) in [6, 6.07) is 12.1. The van der Waals surface area contributed by atoms with E-state index in [4.69, 9.17) is 9.47 Å². The molecule has 2 aromatic carbocycles. The number of carbonyl (C=O) groups is 3. The van der Waals surface area contributed by atoms with Gasteiger partial charge in [-0.1, -0.05) is 12.1 Å². The Hall–Kier alpha value is -3.39. The van der Waals surface area contributed by atoms with Crippen LogP contribution in [0.2, 0.25) is 0 Å². The number of piperazine rings is 1. The average molecular weight is 393 g/mol. The first-order valence-electron chi connectivity index (χ1n) is 9.48. The SMILES string of the molecule is O=C(c1ccc2c(c1)OCO2)N1CCN(CN2C(=O)c3ccccc3C2=O)CC1. The zero-order valence-corrected chi connectivity index (χ0v) is 15.7. The maximum absolute atomic E-state index is 12.8. The first-order valence-corrected chi connectivity index (χ1v) is 9.48. The van der Waals surface area contributed by atoms with Gasteiger partial charge in [-0.25, -0.2) is 0 Å². The summed E-state index contributed by atoms with van der Waals surface area (Å²) in [5, 5.41) is 0. The minimum absolute atomic E-state index is 0.0660. The zero-order chi connectivity index (χ0) is 20.0. The van der Waals surface area contributed by atoms with Crippen molar-refractivity contribution in [1.82, 2.24) is 14.7 Å². The number of ether oxygens (including phenoxy) is 2. The lowest BCUT2D eigenvalue weighted by Crippen LogP contribution is -2.52. The standard InChI is InChI=1S/C21H19N3O5/c25-19(14-5-6-17-18(11-14)29-13-28-17)23-9-7-22(8-10-23)12-24-20(26)15-3-1-2-4-16(15)21(24)27/h1-6,11H,7-10,12-13H2. The number of carbonyl (C=O) groups excluding carboxylic acids is 3. The van der Waals surface area contributed by atoms with Crippen molar-refractivity contribution in [2.45, 2.75) is 0 Å². The molecule has 29 heavy (non-hydrogen) atoms. The molecule has 3 heterocycles. The Kier molecular flexibility index (Phi) is 4.21. The summed E-state index contributed by atoms with van der Waals surface area (Å²) in [5.41, 5.74) is 1.46. The van der Waals surface area contributed by atoms with E-state index in [0.29, 0.717) is 54.4 Å². The molecule has 0 bridgehead atoms. The van der Waals surface area contributed by atoms with Crippen LogP contribution in [0.25, 0.3) is 0 Å². The summed E-state index contributed by atoms with van der Waals surface area (Å²) in [6.45, 7) is 2.63. The fraction of sp³-hybridized carbons (Fsp3) is 0.286. The van der Waals surface area contributed by atoms with Gasteiger partial charge in [0.2, 0.25) is 6.79 Å². The molecule has 0 aliphatic carbocycles. The molecule has 0 aromatic heterocycles. The van der Waals surface area contributed by atoms with Crippen molar-refractivity contribution >= 4 is 17.7 Å². The summed E-state index contributed by atoms with van der Waals surface area (Å²) in [7, 11) is 0. The first kappa shape index (κ1) is 17.7. The molecule has 8 nitrogen and oxygen atoms in total. The second kappa shape index (κ2) is 6.89. The van der Waals surface area contributed by atoms with Crippen molar-refractivity contribution in [2.24, 2.45) is 0 Å². The van der Waals surface area contributed by atoms with Crippen molar-refractivity contribution in [3.8, 4) is 11.5 Å². The highest BCUT2D eigenvalue weighted by molar-refractivity contribution is 6.21. The highest BCUT2D eigenvalue weighted by Crippen LogP contribution is 2.33. The number of imide groups is 1. The van der Waals surface area contributed by atoms with Gasteiger partial charge in [-0.05, 0) is 30.3 Å². The molecule has 0 N–H and O–H groups in total. The number of amides is 3. The number of hydrogen-bond donors (Lipinski definition) is 0. The quantitative estimate of drug-likeness (QED) is 0.734. The third kappa shape index (κ3) is 3.01. The molecule has 8 heteroatoms. The first-order chi connectivity index (χ1) is 14.1. The molecule has 1 saturated heterocycles. The molecule has 0 atom stereocenters. The van der Waals surface area contributed by atoms with E-state index in [0.717, 1.165) is 0 Å². The monoisotopic (exact) mass is 393 g/mol. The fourth-order valence-electron chi connectivity index (χ4n) is 3.87. The van der Waals surface area contributed by atoms with E-state index in [9.17, 15) is 14.4 Å². The van der Waals surface area contributed by atoms with Crippen LogP contribution in [0.5, 0.6) is 11.5 Å². The van der Waals surface area contributed by atoms with Gasteiger partial charge >= 0.3 is 0 Å². The Morgan fingerprint density at radius 2 is 1.52 bits per heavy atom. The molecule has 5 rings (SSSR count). The second-order valence-electron chi connectivity index (χ2n) is 7.20. The van der Waals surface area contributed by atoms with Crippen LogP contribution in [0.15, 0.2) is 42.5 Å². The van der Waals surface area contributed by atoms with Crippen molar-refractivity contribution in [3.63, 3.8) is 0 Å². The van der Waals surface area contributed by atoms with Crippen LogP contribution < -0.4 is 9.47 Å². The predicted octanol–water partition coefficient (Wildman–Crippen LogP) is 1.43. The fourth-order valence-corrected chi connectivity index (χ4v) is 3.87. The number of fused-ring (bicyclic) bond motifs is 2. The van der Waals surface area contributed by atoms with Crippen LogP contribution >= 0.6 is 0 Å². The molecule has 3 amide bonds. The maximum atomic E-state index is 12.8. The van der Waals surface area contributed by atoms with Gasteiger partial charge in [0.15, 0.2) is 11.5 Å². The van der Waals surface area contributed by atoms with Crippen LogP contribution in [0, 0.1) is 0 Å². The van der Waals surface area contributed by atoms with E-state index in [1.165, 1.54) is 4.90 Å². The number of hydrogen-bond acceptors (Lipinski definition) is 6. The van der Waals surface area contributed by atoms with E-state index in [1.807, 2.05) is 4.90 Å². The molecule has 0 radical (unpaired) electrons. The molecule has 0 unspecified atom stereocenters. The topological polar surface area (TPSA) is 79.4 Å². The number of nitrogens with zero attached hydrogens (tertiary/aromatic N) is 3. The van der Waals surface area contributed by atoms with Gasteiger partial charge < -0.3 is 14.4 Å². The summed E-state index contributed by atoms with van der Waals surface area (Å²) in [4.78, 5) is 42.9. The Morgan fingerprint density at radius 3 is 2.21 bits per heavy atom. The van der Waals surface area contributed by atoms with Crippen molar-refractivity contribution in [1.29, 1.82) is 0 Å². The van der Waals surface area contributed by atoms with Gasteiger partial charge in [0.1, 0.15) is 0 Å². The highest BCUT2D eigenvalue weighted by Gasteiger charge is 2.36. The summed E-state index contributed by atoms with van der Waals surface area (Å²) >= 11 is 0. The van der Waals surface area contributed by atoms with Crippen molar-refractivity contribution in [3.05, 3.63) is 59.2 Å². The predicted molar refractivity (Wildman–Crippen MR) is 102 cm³/mol. The lowest BCUT2D eigenvalue weighted by Gasteiger charge is -2.36. The molecule has 0 spiro atoms. The van der Waals surface area contributed by atoms with E-state index < -0.39 is 0 Å². The minimum Gasteiger partial charge on any atom is -0.454 e. The van der Waals surface area contributed by atoms with Crippen LogP contribution in [0.3, 0.4) is 0 Å². The van der Waals surface area contributed by atoms with Crippen LogP contribution in [-0.2, 0) is 0 Å². The third-order valence-corrected chi connectivity index (χ3v) is 5.50. The molecule has 3 aliphatic heterocycles. The molecule has 3 aliphatic rings. The molecule has 1 fully saturated rings. The van der Waals surface area contributed by atoms with E-state index in [-0.39, 0.29) is 31.2 Å². The molecule has 0 saturated carbocycles. The Morgan fingerprint density at radius 1 is 0.862 bits per heavy atom. The van der Waals surface area contributed by atoms with Crippen LogP contribution in [-0.4, -0.2) is 72.1 Å². The van der Waals surface area contributed by atoms with E-state index in [1.54, 1.807) is 47.4 Å². The summed E-state index contributed by atoms with van der Waals surface area (Å²) in [6.07, 6.45) is 0.